The Bertz CT molecular complexity index is 1460. The first-order valence-corrected chi connectivity index (χ1v) is 13.5. The molecule has 4 aliphatic heterocycles. The summed E-state index contributed by atoms with van der Waals surface area (Å²) in [5.74, 6) is -1.79. The lowest BCUT2D eigenvalue weighted by atomic mass is 9.92. The van der Waals surface area contributed by atoms with E-state index < -0.39 is 36.8 Å². The molecule has 4 heterocycles. The lowest BCUT2D eigenvalue weighted by Crippen LogP contribution is -2.67. The molecule has 9 nitrogen and oxygen atoms in total. The maximum atomic E-state index is 15.3. The van der Waals surface area contributed by atoms with Gasteiger partial charge in [-0.15, -0.1) is 11.8 Å². The summed E-state index contributed by atoms with van der Waals surface area (Å²) in [7, 11) is 1.17. The molecule has 0 unspecified atom stereocenters. The van der Waals surface area contributed by atoms with Crippen molar-refractivity contribution >= 4 is 23.8 Å². The molecule has 0 aromatic heterocycles. The number of thioether (sulfide) groups is 1. The van der Waals surface area contributed by atoms with E-state index in [0.29, 0.717) is 24.3 Å². The number of hydrogen-bond acceptors (Lipinski definition) is 9. The molecular weight excluding hydrogens is 544 g/mol. The van der Waals surface area contributed by atoms with Gasteiger partial charge in [0.25, 0.3) is 5.91 Å². The highest BCUT2D eigenvalue weighted by Crippen LogP contribution is 2.48. The molecule has 0 radical (unpaired) electrons. The molecule has 40 heavy (non-hydrogen) atoms. The molecule has 0 bridgehead atoms. The van der Waals surface area contributed by atoms with E-state index in [9.17, 15) is 14.0 Å². The zero-order valence-electron chi connectivity index (χ0n) is 21.5. The normalized spacial score (nSPS) is 22.2. The number of fused-ring (bicyclic) bond motifs is 4. The molecule has 0 spiro atoms. The van der Waals surface area contributed by atoms with Crippen LogP contribution in [0.4, 0.5) is 13.6 Å². The van der Waals surface area contributed by atoms with Crippen LogP contribution >= 0.6 is 11.8 Å². The predicted molar refractivity (Wildman–Crippen MR) is 139 cm³/mol. The van der Waals surface area contributed by atoms with Gasteiger partial charge in [-0.05, 0) is 29.3 Å². The van der Waals surface area contributed by atoms with Crippen LogP contribution in [-0.2, 0) is 29.5 Å². The van der Waals surface area contributed by atoms with Crippen molar-refractivity contribution in [3.63, 3.8) is 0 Å². The van der Waals surface area contributed by atoms with Crippen LogP contribution in [0.2, 0.25) is 0 Å². The number of amides is 1. The van der Waals surface area contributed by atoms with Crippen LogP contribution in [0.25, 0.3) is 0 Å². The number of ether oxygens (including phenoxy) is 4. The topological polar surface area (TPSA) is 80.8 Å². The van der Waals surface area contributed by atoms with Gasteiger partial charge in [-0.2, -0.15) is 5.01 Å². The van der Waals surface area contributed by atoms with Gasteiger partial charge in [-0.25, -0.2) is 13.6 Å². The summed E-state index contributed by atoms with van der Waals surface area (Å²) in [6.07, 6.45) is 1.84. The minimum atomic E-state index is -0.942. The Morgan fingerprint density at radius 3 is 2.85 bits per heavy atom. The molecule has 1 amide bonds. The van der Waals surface area contributed by atoms with Gasteiger partial charge in [0.1, 0.15) is 6.17 Å². The minimum Gasteiger partial charge on any atom is -0.454 e. The fourth-order valence-electron chi connectivity index (χ4n) is 5.38. The Hall–Kier alpha value is -3.87. The van der Waals surface area contributed by atoms with Gasteiger partial charge in [0.2, 0.25) is 6.79 Å². The van der Waals surface area contributed by atoms with Crippen molar-refractivity contribution in [1.29, 1.82) is 0 Å². The summed E-state index contributed by atoms with van der Waals surface area (Å²) in [5, 5.41) is 3.59. The third-order valence-corrected chi connectivity index (χ3v) is 8.31. The first-order chi connectivity index (χ1) is 19.4. The highest BCUT2D eigenvalue weighted by atomic mass is 32.2. The van der Waals surface area contributed by atoms with E-state index in [1.54, 1.807) is 28.3 Å². The van der Waals surface area contributed by atoms with Crippen LogP contribution in [0.15, 0.2) is 77.2 Å². The largest absolute Gasteiger partial charge is 0.510 e. The van der Waals surface area contributed by atoms with E-state index in [-0.39, 0.29) is 35.3 Å². The number of allylic oxidation sites excluding steroid dienone is 1. The van der Waals surface area contributed by atoms with Gasteiger partial charge in [0, 0.05) is 34.5 Å². The number of hydrazine groups is 1. The highest BCUT2D eigenvalue weighted by Gasteiger charge is 2.50. The molecule has 0 saturated carbocycles. The van der Waals surface area contributed by atoms with Crippen molar-refractivity contribution in [3.05, 3.63) is 101 Å². The fourth-order valence-corrected chi connectivity index (χ4v) is 6.50. The number of halogens is 2. The Morgan fingerprint density at radius 2 is 2.02 bits per heavy atom. The van der Waals surface area contributed by atoms with Gasteiger partial charge in [-0.1, -0.05) is 30.8 Å². The van der Waals surface area contributed by atoms with Crippen molar-refractivity contribution < 1.29 is 37.3 Å². The first-order valence-electron chi connectivity index (χ1n) is 12.5. The molecule has 2 aromatic rings. The quantitative estimate of drug-likeness (QED) is 0.393. The van der Waals surface area contributed by atoms with E-state index in [1.807, 2.05) is 29.3 Å². The number of rotatable bonds is 4. The monoisotopic (exact) mass is 569 g/mol. The molecular formula is C28H25F2N3O6S. The molecule has 12 heteroatoms. The number of benzene rings is 2. The number of nitrogens with zero attached hydrogens (tertiary/aromatic N) is 3. The van der Waals surface area contributed by atoms with E-state index >= 15 is 4.39 Å². The van der Waals surface area contributed by atoms with Gasteiger partial charge in [-0.3, -0.25) is 9.80 Å². The van der Waals surface area contributed by atoms with Gasteiger partial charge >= 0.3 is 6.16 Å². The van der Waals surface area contributed by atoms with Crippen molar-refractivity contribution in [1.82, 2.24) is 14.9 Å². The summed E-state index contributed by atoms with van der Waals surface area (Å²) < 4.78 is 50.7. The third kappa shape index (κ3) is 4.32. The van der Waals surface area contributed by atoms with E-state index in [4.69, 9.17) is 14.2 Å². The van der Waals surface area contributed by atoms with Gasteiger partial charge in [0.05, 0.1) is 26.4 Å². The van der Waals surface area contributed by atoms with Crippen LogP contribution < -0.4 is 0 Å². The Morgan fingerprint density at radius 1 is 1.20 bits per heavy atom. The van der Waals surface area contributed by atoms with Crippen molar-refractivity contribution in [2.24, 2.45) is 0 Å². The maximum absolute atomic E-state index is 15.3. The molecule has 2 atom stereocenters. The Kier molecular flexibility index (Phi) is 6.99. The van der Waals surface area contributed by atoms with E-state index in [0.717, 1.165) is 16.5 Å². The summed E-state index contributed by atoms with van der Waals surface area (Å²) >= 11 is 1.43. The molecule has 0 aliphatic carbocycles. The first kappa shape index (κ1) is 26.4. The van der Waals surface area contributed by atoms with Crippen LogP contribution in [0.1, 0.15) is 22.7 Å². The van der Waals surface area contributed by atoms with Crippen LogP contribution in [0.3, 0.4) is 0 Å². The van der Waals surface area contributed by atoms with Crippen LogP contribution in [-0.4, -0.2) is 66.8 Å². The Balaban J connectivity index is 1.53. The molecule has 208 valence electrons. The number of hydrogen-bond donors (Lipinski definition) is 0. The zero-order chi connectivity index (χ0) is 28.0. The molecule has 2 saturated heterocycles. The standard InChI is InChI=1S/C28H25F2N3O6S/c1-16-9-10-32-25(26(16)38-15-39-28(35)36-2)27(34)31-11-12-37-13-22(31)33(32)24-17-7-8-20(29)23(30)19(17)14-40-21-6-4-3-5-18(21)24/h3-10,22,24H,1,11-15H2,2H3/t22-,24+/m1/s1. The molecule has 2 fully saturated rings. The van der Waals surface area contributed by atoms with Crippen molar-refractivity contribution in [3.8, 4) is 0 Å². The van der Waals surface area contributed by atoms with Crippen molar-refractivity contribution in [2.75, 3.05) is 33.7 Å². The lowest BCUT2D eigenvalue weighted by molar-refractivity contribution is -0.190. The summed E-state index contributed by atoms with van der Waals surface area (Å²) in [4.78, 5) is 28.0. The number of carbonyl (C=O) groups excluding carboxylic acids is 2. The van der Waals surface area contributed by atoms with Crippen LogP contribution in [0.5, 0.6) is 0 Å². The SMILES string of the molecule is C=C1C=CN2C(=C1OCOC(=O)OC)C(=O)N1CCOC[C@H]1N2[C@@H]1c2ccccc2SCc2c1ccc(F)c2F. The third-order valence-electron chi connectivity index (χ3n) is 7.20. The van der Waals surface area contributed by atoms with Crippen molar-refractivity contribution in [2.45, 2.75) is 22.9 Å². The zero-order valence-corrected chi connectivity index (χ0v) is 22.3. The second kappa shape index (κ2) is 10.6. The second-order valence-electron chi connectivity index (χ2n) is 9.32. The van der Waals surface area contributed by atoms with E-state index in [2.05, 4.69) is 11.3 Å². The predicted octanol–water partition coefficient (Wildman–Crippen LogP) is 4.43. The number of methoxy groups -OCH3 is 1. The molecule has 0 N–H and O–H groups in total. The maximum Gasteiger partial charge on any atom is 0.510 e. The van der Waals surface area contributed by atoms with E-state index in [1.165, 1.54) is 18.9 Å². The number of morpholine rings is 1. The van der Waals surface area contributed by atoms with Crippen LogP contribution in [0, 0.1) is 11.6 Å². The lowest BCUT2D eigenvalue weighted by Gasteiger charge is -2.55. The van der Waals surface area contributed by atoms with Gasteiger partial charge < -0.3 is 23.8 Å². The molecule has 4 aliphatic rings. The fraction of sp³-hybridized carbons (Fsp3) is 0.286. The average molecular weight is 570 g/mol. The smallest absolute Gasteiger partial charge is 0.454 e. The Labute approximate surface area is 233 Å². The average Bonchev–Trinajstić information content (AvgIpc) is 3.13. The highest BCUT2D eigenvalue weighted by molar-refractivity contribution is 7.98. The summed E-state index contributed by atoms with van der Waals surface area (Å²) in [6, 6.07) is 9.79. The molecule has 2 aromatic carbocycles. The molecule has 6 rings (SSSR count). The minimum absolute atomic E-state index is 0.119. The second-order valence-corrected chi connectivity index (χ2v) is 10.3. The van der Waals surface area contributed by atoms with Gasteiger partial charge in [0.15, 0.2) is 23.1 Å². The summed E-state index contributed by atoms with van der Waals surface area (Å²) in [6.45, 7) is 4.32. The number of carbonyl (C=O) groups is 2. The summed E-state index contributed by atoms with van der Waals surface area (Å²) in [5.41, 5.74) is 2.24.